The van der Waals surface area contributed by atoms with Gasteiger partial charge in [-0.2, -0.15) is 0 Å². The largest absolute Gasteiger partial charge is 0.326 e. The molecule has 0 heterocycles. The highest BCUT2D eigenvalue weighted by atomic mass is 32.2. The third-order valence-corrected chi connectivity index (χ3v) is 4.08. The van der Waals surface area contributed by atoms with Gasteiger partial charge in [0, 0.05) is 12.3 Å². The molecule has 0 aromatic carbocycles. The first kappa shape index (κ1) is 12.9. The van der Waals surface area contributed by atoms with E-state index in [0.717, 1.165) is 0 Å². The third-order valence-electron chi connectivity index (χ3n) is 2.35. The van der Waals surface area contributed by atoms with Gasteiger partial charge in [-0.15, -0.1) is 0 Å². The lowest BCUT2D eigenvalue weighted by Crippen LogP contribution is -2.48. The Labute approximate surface area is 81.6 Å². The molecule has 4 heteroatoms. The number of sulfone groups is 1. The minimum atomic E-state index is -3.02. The van der Waals surface area contributed by atoms with Crippen LogP contribution in [0.4, 0.5) is 0 Å². The summed E-state index contributed by atoms with van der Waals surface area (Å²) in [4.78, 5) is 0. The number of rotatable bonds is 3. The summed E-state index contributed by atoms with van der Waals surface area (Å²) < 4.78 is 22.7. The van der Waals surface area contributed by atoms with Gasteiger partial charge < -0.3 is 5.73 Å². The molecule has 0 fully saturated rings. The van der Waals surface area contributed by atoms with Crippen molar-refractivity contribution < 1.29 is 8.42 Å². The molecule has 0 spiro atoms. The van der Waals surface area contributed by atoms with E-state index < -0.39 is 15.1 Å². The molecule has 0 aliphatic carbocycles. The van der Waals surface area contributed by atoms with Crippen LogP contribution in [0.15, 0.2) is 0 Å². The van der Waals surface area contributed by atoms with Gasteiger partial charge in [0.1, 0.15) is 0 Å². The van der Waals surface area contributed by atoms with Gasteiger partial charge in [-0.3, -0.25) is 0 Å². The van der Waals surface area contributed by atoms with Crippen molar-refractivity contribution in [1.82, 2.24) is 0 Å². The zero-order valence-corrected chi connectivity index (χ0v) is 9.98. The first-order valence-electron chi connectivity index (χ1n) is 4.55. The van der Waals surface area contributed by atoms with E-state index in [1.165, 1.54) is 6.26 Å². The maximum absolute atomic E-state index is 11.4. The van der Waals surface area contributed by atoms with E-state index in [0.29, 0.717) is 6.42 Å². The van der Waals surface area contributed by atoms with Gasteiger partial charge in [0.05, 0.1) is 5.25 Å². The van der Waals surface area contributed by atoms with Gasteiger partial charge >= 0.3 is 0 Å². The Morgan fingerprint density at radius 2 is 1.69 bits per heavy atom. The SMILES string of the molecule is CC[C@H]([C@@H](N)C(C)(C)C)S(C)(=O)=O. The molecule has 80 valence electrons. The van der Waals surface area contributed by atoms with E-state index in [2.05, 4.69) is 0 Å². The van der Waals surface area contributed by atoms with Gasteiger partial charge in [0.15, 0.2) is 9.84 Å². The van der Waals surface area contributed by atoms with Crippen molar-refractivity contribution in [2.24, 2.45) is 11.1 Å². The lowest BCUT2D eigenvalue weighted by molar-refractivity contribution is 0.304. The average molecular weight is 207 g/mol. The molecule has 0 radical (unpaired) electrons. The van der Waals surface area contributed by atoms with Gasteiger partial charge in [0.2, 0.25) is 0 Å². The second kappa shape index (κ2) is 3.96. The molecule has 0 saturated heterocycles. The van der Waals surface area contributed by atoms with Crippen molar-refractivity contribution in [3.8, 4) is 0 Å². The summed E-state index contributed by atoms with van der Waals surface area (Å²) in [5.41, 5.74) is 5.75. The van der Waals surface area contributed by atoms with Crippen molar-refractivity contribution in [1.29, 1.82) is 0 Å². The molecule has 0 bridgehead atoms. The normalized spacial score (nSPS) is 18.3. The molecule has 0 aliphatic rings. The zero-order chi connectivity index (χ0) is 10.9. The van der Waals surface area contributed by atoms with Crippen molar-refractivity contribution in [2.45, 2.75) is 45.4 Å². The van der Waals surface area contributed by atoms with Crippen LogP contribution in [0.5, 0.6) is 0 Å². The smallest absolute Gasteiger partial charge is 0.151 e. The quantitative estimate of drug-likeness (QED) is 0.756. The summed E-state index contributed by atoms with van der Waals surface area (Å²) in [5, 5.41) is -0.424. The Morgan fingerprint density at radius 3 is 1.77 bits per heavy atom. The van der Waals surface area contributed by atoms with Crippen LogP contribution in [0, 0.1) is 5.41 Å². The summed E-state index contributed by atoms with van der Waals surface area (Å²) in [6.45, 7) is 7.75. The second-order valence-electron chi connectivity index (χ2n) is 4.67. The van der Waals surface area contributed by atoms with Crippen LogP contribution in [0.1, 0.15) is 34.1 Å². The molecule has 0 amide bonds. The molecule has 2 N–H and O–H groups in total. The van der Waals surface area contributed by atoms with E-state index in [4.69, 9.17) is 5.73 Å². The van der Waals surface area contributed by atoms with Crippen LogP contribution in [-0.4, -0.2) is 26.0 Å². The van der Waals surface area contributed by atoms with Gasteiger partial charge in [-0.1, -0.05) is 27.7 Å². The summed E-state index contributed by atoms with van der Waals surface area (Å²) in [5.74, 6) is 0. The number of hydrogen-bond acceptors (Lipinski definition) is 3. The summed E-state index contributed by atoms with van der Waals surface area (Å²) in [6, 6.07) is -0.299. The predicted molar refractivity (Wildman–Crippen MR) is 56.4 cm³/mol. The highest BCUT2D eigenvalue weighted by Crippen LogP contribution is 2.24. The molecule has 3 nitrogen and oxygen atoms in total. The highest BCUT2D eigenvalue weighted by molar-refractivity contribution is 7.91. The first-order valence-corrected chi connectivity index (χ1v) is 6.50. The Balaban J connectivity index is 4.82. The van der Waals surface area contributed by atoms with Crippen LogP contribution in [-0.2, 0) is 9.84 Å². The number of nitrogens with two attached hydrogens (primary N) is 1. The molecule has 0 saturated carbocycles. The fourth-order valence-electron chi connectivity index (χ4n) is 1.38. The van der Waals surface area contributed by atoms with Crippen LogP contribution in [0.2, 0.25) is 0 Å². The van der Waals surface area contributed by atoms with E-state index in [1.54, 1.807) is 0 Å². The molecule has 0 aromatic rings. The summed E-state index contributed by atoms with van der Waals surface area (Å²) in [6.07, 6.45) is 1.84. The number of hydrogen-bond donors (Lipinski definition) is 1. The Morgan fingerprint density at radius 1 is 1.31 bits per heavy atom. The molecule has 0 unspecified atom stereocenters. The molecule has 0 aliphatic heterocycles. The highest BCUT2D eigenvalue weighted by Gasteiger charge is 2.33. The molecular weight excluding hydrogens is 186 g/mol. The monoisotopic (exact) mass is 207 g/mol. The van der Waals surface area contributed by atoms with Crippen LogP contribution in [0.25, 0.3) is 0 Å². The predicted octanol–water partition coefficient (Wildman–Crippen LogP) is 1.18. The molecule has 13 heavy (non-hydrogen) atoms. The van der Waals surface area contributed by atoms with Gasteiger partial charge in [-0.25, -0.2) is 8.42 Å². The van der Waals surface area contributed by atoms with Crippen LogP contribution in [0.3, 0.4) is 0 Å². The molecule has 2 atom stereocenters. The van der Waals surface area contributed by atoms with E-state index in [-0.39, 0.29) is 11.5 Å². The van der Waals surface area contributed by atoms with Gasteiger partial charge in [0.25, 0.3) is 0 Å². The lowest BCUT2D eigenvalue weighted by Gasteiger charge is -2.32. The van der Waals surface area contributed by atoms with Crippen LogP contribution < -0.4 is 5.73 Å². The third kappa shape index (κ3) is 3.65. The topological polar surface area (TPSA) is 60.2 Å². The van der Waals surface area contributed by atoms with Gasteiger partial charge in [-0.05, 0) is 11.8 Å². The summed E-state index contributed by atoms with van der Waals surface area (Å²) in [7, 11) is -3.02. The average Bonchev–Trinajstić information content (AvgIpc) is 1.83. The maximum atomic E-state index is 11.4. The maximum Gasteiger partial charge on any atom is 0.151 e. The Kier molecular flexibility index (Phi) is 3.94. The second-order valence-corrected chi connectivity index (χ2v) is 6.93. The van der Waals surface area contributed by atoms with E-state index in [1.807, 2.05) is 27.7 Å². The van der Waals surface area contributed by atoms with Crippen LogP contribution >= 0.6 is 0 Å². The molecular formula is C9H21NO2S. The minimum Gasteiger partial charge on any atom is -0.326 e. The minimum absolute atomic E-state index is 0.163. The Bertz CT molecular complexity index is 251. The first-order chi connectivity index (χ1) is 5.60. The molecule has 0 aromatic heterocycles. The summed E-state index contributed by atoms with van der Waals surface area (Å²) >= 11 is 0. The molecule has 0 rings (SSSR count). The van der Waals surface area contributed by atoms with Crippen molar-refractivity contribution in [3.05, 3.63) is 0 Å². The zero-order valence-electron chi connectivity index (χ0n) is 9.16. The van der Waals surface area contributed by atoms with E-state index in [9.17, 15) is 8.42 Å². The van der Waals surface area contributed by atoms with Crippen molar-refractivity contribution >= 4 is 9.84 Å². The lowest BCUT2D eigenvalue weighted by atomic mass is 9.84. The standard InChI is InChI=1S/C9H21NO2S/c1-6-7(13(5,11)12)8(10)9(2,3)4/h7-8H,6,10H2,1-5H3/t7-,8-/m1/s1. The van der Waals surface area contributed by atoms with Crippen molar-refractivity contribution in [3.63, 3.8) is 0 Å². The fourth-order valence-corrected chi connectivity index (χ4v) is 2.93. The Hall–Kier alpha value is -0.0900. The van der Waals surface area contributed by atoms with E-state index >= 15 is 0 Å². The van der Waals surface area contributed by atoms with Crippen molar-refractivity contribution in [2.75, 3.05) is 6.26 Å². The fraction of sp³-hybridized carbons (Fsp3) is 1.00.